The number of rotatable bonds is 6. The minimum absolute atomic E-state index is 0.137. The van der Waals surface area contributed by atoms with E-state index in [4.69, 9.17) is 9.16 Å². The third-order valence-electron chi connectivity index (χ3n) is 7.25. The molecule has 2 fully saturated rings. The van der Waals surface area contributed by atoms with Crippen LogP contribution in [-0.2, 0) is 9.16 Å². The van der Waals surface area contributed by atoms with Gasteiger partial charge in [-0.2, -0.15) is 0 Å². The number of hydrogen-bond acceptors (Lipinski definition) is 2. The Morgan fingerprint density at radius 1 is 1.30 bits per heavy atom. The van der Waals surface area contributed by atoms with Crippen LogP contribution in [0.5, 0.6) is 0 Å². The smallest absolute Gasteiger partial charge is 0.184 e. The second-order valence-corrected chi connectivity index (χ2v) is 15.6. The van der Waals surface area contributed by atoms with Crippen molar-refractivity contribution >= 4 is 24.2 Å². The molecule has 0 aliphatic heterocycles. The van der Waals surface area contributed by atoms with Gasteiger partial charge in [-0.25, -0.2) is 0 Å². The van der Waals surface area contributed by atoms with Crippen molar-refractivity contribution in [1.29, 1.82) is 0 Å². The van der Waals surface area contributed by atoms with Gasteiger partial charge in [0.15, 0.2) is 8.32 Å². The largest absolute Gasteiger partial charge is 0.409 e. The number of allylic oxidation sites excluding steroid dienone is 1. The Bertz CT molecular complexity index is 596. The number of fused-ring (bicyclic) bond motifs is 1. The number of ether oxygens (including phenoxy) is 1. The van der Waals surface area contributed by atoms with Crippen molar-refractivity contribution in [3.8, 4) is 0 Å². The van der Waals surface area contributed by atoms with Gasteiger partial charge in [0.2, 0.25) is 0 Å². The van der Waals surface area contributed by atoms with Crippen LogP contribution in [0.3, 0.4) is 0 Å². The summed E-state index contributed by atoms with van der Waals surface area (Å²) in [4.78, 5) is 2.22. The van der Waals surface area contributed by atoms with Gasteiger partial charge in [0, 0.05) is 6.42 Å². The van der Waals surface area contributed by atoms with E-state index < -0.39 is 8.32 Å². The van der Waals surface area contributed by atoms with Crippen LogP contribution < -0.4 is 0 Å². The highest BCUT2D eigenvalue weighted by Gasteiger charge is 2.50. The molecule has 0 saturated heterocycles. The van der Waals surface area contributed by atoms with Crippen molar-refractivity contribution in [2.24, 2.45) is 23.2 Å². The Morgan fingerprint density at radius 3 is 2.70 bits per heavy atom. The van der Waals surface area contributed by atoms with E-state index in [-0.39, 0.29) is 11.7 Å². The van der Waals surface area contributed by atoms with Crippen LogP contribution in [0.4, 0.5) is 0 Å². The Labute approximate surface area is 176 Å². The van der Waals surface area contributed by atoms with Gasteiger partial charge in [0.1, 0.15) is 0 Å². The highest BCUT2D eigenvalue weighted by Crippen LogP contribution is 2.59. The second kappa shape index (κ2) is 8.08. The Balaban J connectivity index is 1.55. The normalized spacial score (nSPS) is 41.9. The average molecular weight is 456 g/mol. The summed E-state index contributed by atoms with van der Waals surface area (Å²) in [5, 5.41) is 0. The van der Waals surface area contributed by atoms with Crippen molar-refractivity contribution in [2.75, 3.05) is 6.61 Å². The molecule has 1 unspecified atom stereocenters. The fraction of sp³-hybridized carbons (Fsp3) is 0.826. The molecular formula is C23H39BrO2Si. The molecule has 6 atom stereocenters. The summed E-state index contributed by atoms with van der Waals surface area (Å²) < 4.78 is 12.8. The molecule has 2 nitrogen and oxygen atoms in total. The van der Waals surface area contributed by atoms with Crippen LogP contribution in [0, 0.1) is 23.2 Å². The molecule has 0 N–H and O–H groups in total. The molecule has 27 heavy (non-hydrogen) atoms. The predicted molar refractivity (Wildman–Crippen MR) is 121 cm³/mol. The maximum atomic E-state index is 6.40. The van der Waals surface area contributed by atoms with Gasteiger partial charge in [-0.3, -0.25) is 0 Å². The summed E-state index contributed by atoms with van der Waals surface area (Å²) in [6.07, 6.45) is 12.4. The van der Waals surface area contributed by atoms with Crippen LogP contribution in [-0.4, -0.2) is 26.6 Å². The van der Waals surface area contributed by atoms with Crippen LogP contribution >= 0.6 is 15.9 Å². The van der Waals surface area contributed by atoms with Gasteiger partial charge >= 0.3 is 0 Å². The van der Waals surface area contributed by atoms with Crippen molar-refractivity contribution in [2.45, 2.75) is 90.6 Å². The first-order chi connectivity index (χ1) is 12.6. The zero-order chi connectivity index (χ0) is 19.9. The highest BCUT2D eigenvalue weighted by atomic mass is 79.9. The Hall–Kier alpha value is 0.0969. The highest BCUT2D eigenvalue weighted by molar-refractivity contribution is 9.11. The van der Waals surface area contributed by atoms with E-state index in [0.29, 0.717) is 11.3 Å². The summed E-state index contributed by atoms with van der Waals surface area (Å²) >= 11 is 3.63. The standard InChI is InChI=1S/C23H39BrO2Si/c1-17(16-25-19-11-13-22(2,14-19)26-27(4,5)6)20-9-10-21-18(15-24)8-7-12-23(20,21)3/h11,13,15,17,19-21H,7-10,12,14,16H2,1-6H3/b18-15+/t17-,19-,20+,21?,22+,23+/m0/s1. The fourth-order valence-electron chi connectivity index (χ4n) is 6.27. The van der Waals surface area contributed by atoms with E-state index in [0.717, 1.165) is 24.9 Å². The fourth-order valence-corrected chi connectivity index (χ4v) is 8.37. The van der Waals surface area contributed by atoms with E-state index in [1.807, 2.05) is 0 Å². The molecule has 0 radical (unpaired) electrons. The molecule has 2 saturated carbocycles. The first-order valence-corrected chi connectivity index (χ1v) is 15.2. The van der Waals surface area contributed by atoms with Crippen molar-refractivity contribution in [3.63, 3.8) is 0 Å². The maximum absolute atomic E-state index is 6.40. The molecule has 0 bridgehead atoms. The number of halogens is 1. The lowest BCUT2D eigenvalue weighted by Gasteiger charge is -2.44. The molecule has 0 amide bonds. The molecule has 0 aromatic rings. The monoisotopic (exact) mass is 454 g/mol. The molecule has 3 rings (SSSR count). The Morgan fingerprint density at radius 2 is 2.04 bits per heavy atom. The molecule has 4 heteroatoms. The van der Waals surface area contributed by atoms with E-state index >= 15 is 0 Å². The van der Waals surface area contributed by atoms with Gasteiger partial charge in [0.25, 0.3) is 0 Å². The minimum atomic E-state index is -1.55. The third kappa shape index (κ3) is 4.82. The van der Waals surface area contributed by atoms with E-state index in [2.05, 4.69) is 73.5 Å². The van der Waals surface area contributed by atoms with Crippen LogP contribution in [0.25, 0.3) is 0 Å². The lowest BCUT2D eigenvalue weighted by molar-refractivity contribution is -0.00461. The average Bonchev–Trinajstić information content (AvgIpc) is 3.10. The molecule has 3 aliphatic carbocycles. The van der Waals surface area contributed by atoms with Crippen LogP contribution in [0.1, 0.15) is 59.3 Å². The lowest BCUT2D eigenvalue weighted by atomic mass is 9.61. The Kier molecular flexibility index (Phi) is 6.52. The summed E-state index contributed by atoms with van der Waals surface area (Å²) in [6, 6.07) is 0. The van der Waals surface area contributed by atoms with Gasteiger partial charge in [-0.15, -0.1) is 0 Å². The van der Waals surface area contributed by atoms with Crippen LogP contribution in [0.15, 0.2) is 22.7 Å². The summed E-state index contributed by atoms with van der Waals surface area (Å²) in [5.41, 5.74) is 1.97. The van der Waals surface area contributed by atoms with E-state index in [9.17, 15) is 0 Å². The summed E-state index contributed by atoms with van der Waals surface area (Å²) in [6.45, 7) is 14.8. The third-order valence-corrected chi connectivity index (χ3v) is 8.91. The van der Waals surface area contributed by atoms with E-state index in [1.165, 1.54) is 32.1 Å². The van der Waals surface area contributed by atoms with E-state index in [1.54, 1.807) is 5.57 Å². The zero-order valence-electron chi connectivity index (χ0n) is 18.2. The quantitative estimate of drug-likeness (QED) is 0.315. The van der Waals surface area contributed by atoms with Gasteiger partial charge in [0.05, 0.1) is 18.3 Å². The molecular weight excluding hydrogens is 416 g/mol. The first kappa shape index (κ1) is 21.8. The van der Waals surface area contributed by atoms with Gasteiger partial charge < -0.3 is 9.16 Å². The summed E-state index contributed by atoms with van der Waals surface area (Å²) in [7, 11) is -1.55. The predicted octanol–water partition coefficient (Wildman–Crippen LogP) is 7.07. The van der Waals surface area contributed by atoms with Crippen LogP contribution in [0.2, 0.25) is 19.6 Å². The zero-order valence-corrected chi connectivity index (χ0v) is 20.8. The maximum Gasteiger partial charge on any atom is 0.184 e. The lowest BCUT2D eigenvalue weighted by Crippen LogP contribution is -2.39. The molecule has 154 valence electrons. The number of hydrogen-bond donors (Lipinski definition) is 0. The molecule has 0 aromatic heterocycles. The van der Waals surface area contributed by atoms with Crippen molar-refractivity contribution < 1.29 is 9.16 Å². The molecule has 0 spiro atoms. The van der Waals surface area contributed by atoms with Crippen molar-refractivity contribution in [3.05, 3.63) is 22.7 Å². The molecule has 0 aromatic carbocycles. The molecule has 3 aliphatic rings. The first-order valence-electron chi connectivity index (χ1n) is 10.9. The second-order valence-electron chi connectivity index (χ2n) is 10.7. The molecule has 0 heterocycles. The minimum Gasteiger partial charge on any atom is -0.409 e. The summed E-state index contributed by atoms with van der Waals surface area (Å²) in [5.74, 6) is 2.17. The SMILES string of the molecule is C[C@@H](CO[C@H]1C=C[C@@](C)(O[Si](C)(C)C)C1)[C@H]1CCC2/C(=C/Br)CCC[C@@]21C. The van der Waals surface area contributed by atoms with Crippen molar-refractivity contribution in [1.82, 2.24) is 0 Å². The van der Waals surface area contributed by atoms with Gasteiger partial charge in [-0.05, 0) is 86.8 Å². The van der Waals surface area contributed by atoms with Gasteiger partial charge in [-0.1, -0.05) is 47.5 Å². The topological polar surface area (TPSA) is 18.5 Å².